The topological polar surface area (TPSA) is 462 Å². The first-order valence-corrected chi connectivity index (χ1v) is 43.0. The van der Waals surface area contributed by atoms with E-state index in [0.717, 1.165) is 81.1 Å². The second-order valence-electron chi connectivity index (χ2n) is 34.4. The number of imide groups is 1. The molecule has 0 radical (unpaired) electrons. The molecule has 4 aliphatic heterocycles. The number of thiazole rings is 1. The largest absolute Gasteiger partial charge is 0.496 e. The van der Waals surface area contributed by atoms with E-state index in [1.54, 1.807) is 63.6 Å². The maximum absolute atomic E-state index is 14.5. The molecule has 8 aliphatic rings. The molecule has 121 heavy (non-hydrogen) atoms. The summed E-state index contributed by atoms with van der Waals surface area (Å²) >= 11 is 1.38. The number of hydrogen-bond acceptors (Lipinski definition) is 26. The minimum absolute atomic E-state index is 0.00688. The number of ether oxygens (including phenoxy) is 6. The zero-order chi connectivity index (χ0) is 86.9. The molecule has 34 nitrogen and oxygen atoms in total. The fourth-order valence-electron chi connectivity index (χ4n) is 20.1. The van der Waals surface area contributed by atoms with E-state index in [1.165, 1.54) is 30.3 Å². The lowest BCUT2D eigenvalue weighted by Gasteiger charge is -2.69. The normalized spacial score (nSPS) is 25.4. The molecular formula is C85H104N10O24S2. The van der Waals surface area contributed by atoms with Crippen molar-refractivity contribution in [3.8, 4) is 16.9 Å². The highest BCUT2D eigenvalue weighted by Gasteiger charge is 2.66. The summed E-state index contributed by atoms with van der Waals surface area (Å²) in [5.41, 5.74) is 4.71. The Hall–Kier alpha value is -10.0. The van der Waals surface area contributed by atoms with Crippen molar-refractivity contribution in [3.63, 3.8) is 0 Å². The van der Waals surface area contributed by atoms with Gasteiger partial charge >= 0.3 is 18.0 Å². The predicted octanol–water partition coefficient (Wildman–Crippen LogP) is 6.32. The van der Waals surface area contributed by atoms with Crippen molar-refractivity contribution < 1.29 is 115 Å². The number of amides is 6. The lowest BCUT2D eigenvalue weighted by Crippen LogP contribution is -2.64. The van der Waals surface area contributed by atoms with Crippen molar-refractivity contribution in [3.05, 3.63) is 130 Å². The zero-order valence-corrected chi connectivity index (χ0v) is 70.4. The number of hydrogen-bond donors (Lipinski definition) is 8. The fraction of sp³-hybridized carbons (Fsp3) is 0.541. The number of ketones is 2. The molecule has 4 aliphatic carbocycles. The summed E-state index contributed by atoms with van der Waals surface area (Å²) in [7, 11) is -1.32. The Labute approximate surface area is 702 Å². The number of Topliss-reactive ketones (excluding diaryl/α,β-unsaturated/α-hetero) is 2. The molecule has 650 valence electrons. The summed E-state index contributed by atoms with van der Waals surface area (Å²) in [6, 6.07) is 16.3. The summed E-state index contributed by atoms with van der Waals surface area (Å²) in [6.45, 7) is 11.5. The Morgan fingerprint density at radius 3 is 2.23 bits per heavy atom. The van der Waals surface area contributed by atoms with Crippen LogP contribution in [0.3, 0.4) is 0 Å². The van der Waals surface area contributed by atoms with Crippen LogP contribution in [0, 0.1) is 35.0 Å². The number of carbonyl (C=O) groups excluding carboxylic acids is 8. The second kappa shape index (κ2) is 36.2. The standard InChI is InChI=1S/C85H104N10O24S2/c1-47(2)58(34-54(96)36-93-53(39-116-29-30-121(111,112)113)33-62(77(93)105)95-68(98)21-22-69(95)99)76(104)87-48(3)63(97)32-50-13-14-52(51(31-50)15-18-65-71(100)72(101)73(102)74(119-65)79(108)109)38-117-81(110)91(25-27-114-7)26-28-118-85-43-82(5)40-83(6,44-85)42-84(41-82,45-85)46-94-49(4)59(35-86-94)56-17-20-67(89-70(56)78(106)107)92-24-23-55-60(37-92)57(16-19-64(55)115-8)75(103)90-80-88-61-11-9-10-12-66(61)120-80/h9-14,16-17,19-22,31,35,47-48,53,58,62,65,71-74,100-102H,15,18,23-30,32-34,36-46H2,1-8H3,(H,87,104)(H,106,107)(H,108,109)(H,88,90,103)(H,111,112,113)/t48-,53-,58-,62-,65-,71-,72+,73-,74-,82?,83?,84?,85?/m0/s1. The quantitative estimate of drug-likeness (QED) is 0.0120. The number of aliphatic hydroxyl groups excluding tert-OH is 3. The Kier molecular flexibility index (Phi) is 26.5. The van der Waals surface area contributed by atoms with Gasteiger partial charge in [0, 0.05) is 105 Å². The second-order valence-corrected chi connectivity index (χ2v) is 37.0. The number of aromatic carboxylic acids is 1. The van der Waals surface area contributed by atoms with Crippen molar-refractivity contribution >= 4 is 102 Å². The van der Waals surface area contributed by atoms with Gasteiger partial charge < -0.3 is 74.0 Å². The first-order chi connectivity index (χ1) is 57.4. The van der Waals surface area contributed by atoms with E-state index in [2.05, 4.69) is 29.5 Å². The molecule has 0 spiro atoms. The van der Waals surface area contributed by atoms with Gasteiger partial charge in [0.25, 0.3) is 27.8 Å². The van der Waals surface area contributed by atoms with Crippen molar-refractivity contribution in [1.82, 2.24) is 39.8 Å². The average molecular weight is 1710 g/mol. The lowest BCUT2D eigenvalue weighted by molar-refractivity contribution is -0.248. The van der Waals surface area contributed by atoms with E-state index in [1.807, 2.05) is 46.8 Å². The van der Waals surface area contributed by atoms with Crippen molar-refractivity contribution in [2.24, 2.45) is 28.1 Å². The van der Waals surface area contributed by atoms with E-state index in [-0.39, 0.29) is 99.6 Å². The zero-order valence-electron chi connectivity index (χ0n) is 68.8. The molecule has 36 heteroatoms. The Balaban J connectivity index is 0.658. The highest BCUT2D eigenvalue weighted by atomic mass is 32.2. The van der Waals surface area contributed by atoms with Crippen LogP contribution in [0.1, 0.15) is 147 Å². The van der Waals surface area contributed by atoms with Crippen molar-refractivity contribution in [2.45, 2.75) is 193 Å². The van der Waals surface area contributed by atoms with Gasteiger partial charge in [-0.2, -0.15) is 13.5 Å². The SMILES string of the molecule is COCCN(CCOC12CC3(C)CC(C)(CC(Cn4ncc(-c5ccc(N6CCc7c(OC)ccc(C(=O)Nc8nc9ccccc9s8)c7C6)nc5C(=O)O)c4C)(C3)C1)C2)C(=O)OCc1ccc(CC(=O)[C@H](C)NC(=O)[C@@H](CC(=O)CN2C(=O)[C@@H](N3C(=O)C=CC3=O)C[C@H]2COCCS(=O)(=O)O)C(C)C)cc1CC[C@@H]1O[C@H](C(=O)O)[C@@H](O)[C@H](O)[C@H]1O. The van der Waals surface area contributed by atoms with E-state index in [4.69, 9.17) is 38.5 Å². The number of aliphatic hydroxyl groups is 3. The number of aryl methyl sites for hydroxylation is 1. The number of aromatic nitrogens is 4. The number of para-hydroxylation sites is 1. The van der Waals surface area contributed by atoms with Gasteiger partial charge in [-0.15, -0.1) is 0 Å². The van der Waals surface area contributed by atoms with E-state index < -0.39 is 155 Å². The average Bonchev–Trinajstić information content (AvgIpc) is 0.770. The number of likely N-dealkylation sites (tertiary alicyclic amines) is 1. The summed E-state index contributed by atoms with van der Waals surface area (Å²) < 4.78 is 70.4. The smallest absolute Gasteiger partial charge is 0.410 e. The summed E-state index contributed by atoms with van der Waals surface area (Å²) in [5, 5.41) is 64.2. The first-order valence-electron chi connectivity index (χ1n) is 40.6. The number of carboxylic acids is 2. The molecule has 4 bridgehead atoms. The molecular weight excluding hydrogens is 1610 g/mol. The molecule has 11 atom stereocenters. The molecule has 8 N–H and O–H groups in total. The van der Waals surface area contributed by atoms with Crippen LogP contribution in [-0.4, -0.2) is 259 Å². The third-order valence-corrected chi connectivity index (χ3v) is 26.4. The van der Waals surface area contributed by atoms with Gasteiger partial charge in [0.2, 0.25) is 11.8 Å². The summed E-state index contributed by atoms with van der Waals surface area (Å²) in [5.74, 6) is -8.32. The van der Waals surface area contributed by atoms with E-state index in [0.29, 0.717) is 76.0 Å². The number of pyridine rings is 1. The maximum atomic E-state index is 14.5. The Morgan fingerprint density at radius 1 is 0.818 bits per heavy atom. The van der Waals surface area contributed by atoms with E-state index in [9.17, 15) is 86.4 Å². The monoisotopic (exact) mass is 1710 g/mol. The van der Waals surface area contributed by atoms with E-state index >= 15 is 0 Å². The predicted molar refractivity (Wildman–Crippen MR) is 437 cm³/mol. The number of nitrogens with zero attached hydrogens (tertiary/aromatic N) is 8. The number of rotatable bonds is 37. The molecule has 4 saturated carbocycles. The molecule has 14 rings (SSSR count). The molecule has 2 unspecified atom stereocenters. The van der Waals surface area contributed by atoms with Crippen LogP contribution < -0.4 is 20.3 Å². The fourth-order valence-corrected chi connectivity index (χ4v) is 21.2. The number of methoxy groups -OCH3 is 2. The van der Waals surface area contributed by atoms with Crippen LogP contribution in [0.25, 0.3) is 21.3 Å². The highest BCUT2D eigenvalue weighted by molar-refractivity contribution is 7.85. The highest BCUT2D eigenvalue weighted by Crippen LogP contribution is 2.72. The van der Waals surface area contributed by atoms with Gasteiger partial charge in [-0.1, -0.05) is 69.4 Å². The minimum atomic E-state index is -4.41. The summed E-state index contributed by atoms with van der Waals surface area (Å²) in [4.78, 5) is 150. The summed E-state index contributed by atoms with van der Waals surface area (Å²) in [6.07, 6.45) is -1.18. The molecule has 3 aromatic heterocycles. The van der Waals surface area contributed by atoms with Crippen LogP contribution >= 0.6 is 11.3 Å². The molecule has 7 heterocycles. The number of aliphatic carboxylic acids is 1. The molecule has 6 amide bonds. The lowest BCUT2D eigenvalue weighted by atomic mass is 9.39. The van der Waals surface area contributed by atoms with Crippen molar-refractivity contribution in [2.75, 3.05) is 82.8 Å². The molecule has 6 aromatic rings. The number of benzene rings is 3. The van der Waals surface area contributed by atoms with Crippen molar-refractivity contribution in [1.29, 1.82) is 0 Å². The van der Waals surface area contributed by atoms with Gasteiger partial charge in [0.15, 0.2) is 28.5 Å². The van der Waals surface area contributed by atoms with Crippen LogP contribution in [0.5, 0.6) is 5.75 Å². The van der Waals surface area contributed by atoms with Gasteiger partial charge in [-0.05, 0) is 152 Å². The maximum Gasteiger partial charge on any atom is 0.410 e. The molecule has 2 saturated heterocycles. The van der Waals surface area contributed by atoms with Crippen LogP contribution in [0.15, 0.2) is 85.1 Å². The number of carboxylic acid groups (broad SMARTS) is 2. The van der Waals surface area contributed by atoms with Crippen LogP contribution in [0.2, 0.25) is 0 Å². The molecule has 3 aromatic carbocycles. The minimum Gasteiger partial charge on any atom is -0.496 e. The third-order valence-electron chi connectivity index (χ3n) is 24.8. The Morgan fingerprint density at radius 2 is 1.55 bits per heavy atom. The number of anilines is 2. The number of fused-ring (bicyclic) bond motifs is 2. The van der Waals surface area contributed by atoms with Gasteiger partial charge in [-0.25, -0.2) is 24.4 Å². The molecule has 6 fully saturated rings. The van der Waals surface area contributed by atoms with Gasteiger partial charge in [0.05, 0.1) is 86.0 Å². The first kappa shape index (κ1) is 88.8. The van der Waals surface area contributed by atoms with Gasteiger partial charge in [0.1, 0.15) is 42.5 Å². The van der Waals surface area contributed by atoms with Crippen LogP contribution in [0.4, 0.5) is 15.7 Å². The third kappa shape index (κ3) is 19.7. The number of nitrogens with one attached hydrogen (secondary N) is 2. The Bertz CT molecular complexity index is 5100. The number of carbonyl (C=O) groups is 10. The van der Waals surface area contributed by atoms with Crippen LogP contribution in [-0.2, 0) is 106 Å². The van der Waals surface area contributed by atoms with Gasteiger partial charge in [-0.3, -0.25) is 53.0 Å².